The summed E-state index contributed by atoms with van der Waals surface area (Å²) in [6, 6.07) is 5.33. The zero-order valence-electron chi connectivity index (χ0n) is 19.3. The number of ether oxygens (including phenoxy) is 1. The molecule has 3 heterocycles. The summed E-state index contributed by atoms with van der Waals surface area (Å²) in [5.74, 6) is -0.0683. The van der Waals surface area contributed by atoms with Crippen molar-refractivity contribution in [1.29, 1.82) is 0 Å². The van der Waals surface area contributed by atoms with Crippen LogP contribution in [0.25, 0.3) is 0 Å². The van der Waals surface area contributed by atoms with E-state index in [0.717, 1.165) is 23.8 Å². The van der Waals surface area contributed by atoms with Gasteiger partial charge in [-0.3, -0.25) is 4.79 Å². The minimum absolute atomic E-state index is 0.0593. The van der Waals surface area contributed by atoms with E-state index in [-0.39, 0.29) is 29.3 Å². The lowest BCUT2D eigenvalue weighted by atomic mass is 10.1. The monoisotopic (exact) mass is 586 g/mol. The van der Waals surface area contributed by atoms with Gasteiger partial charge >= 0.3 is 5.97 Å². The second kappa shape index (κ2) is 10.1. The van der Waals surface area contributed by atoms with Gasteiger partial charge in [0.1, 0.15) is 10.6 Å². The number of fused-ring (bicyclic) bond motifs is 1. The number of aromatic nitrogens is 2. The van der Waals surface area contributed by atoms with Crippen LogP contribution in [0.15, 0.2) is 18.2 Å². The Hall–Kier alpha value is -1.97. The molecule has 2 N–H and O–H groups in total. The molecule has 0 bridgehead atoms. The molecule has 3 atom stereocenters. The summed E-state index contributed by atoms with van der Waals surface area (Å²) in [6.07, 6.45) is 0.388. The number of carbonyl (C=O) groups is 2. The van der Waals surface area contributed by atoms with Crippen molar-refractivity contribution in [2.45, 2.75) is 26.3 Å². The van der Waals surface area contributed by atoms with E-state index in [0.29, 0.717) is 49.6 Å². The fourth-order valence-electron chi connectivity index (χ4n) is 4.64. The second-order valence-corrected chi connectivity index (χ2v) is 11.5. The number of anilines is 1. The summed E-state index contributed by atoms with van der Waals surface area (Å²) < 4.78 is 5.27. The topological polar surface area (TPSA) is 87.3 Å². The predicted molar refractivity (Wildman–Crippen MR) is 143 cm³/mol. The van der Waals surface area contributed by atoms with Crippen LogP contribution in [0, 0.1) is 18.8 Å². The average Bonchev–Trinajstić information content (AvgIpc) is 3.20. The Labute approximate surface area is 232 Å². The van der Waals surface area contributed by atoms with Crippen LogP contribution in [0.3, 0.4) is 0 Å². The average molecular weight is 588 g/mol. The van der Waals surface area contributed by atoms with Crippen LogP contribution in [-0.4, -0.2) is 47.6 Å². The maximum Gasteiger partial charge on any atom is 0.350 e. The van der Waals surface area contributed by atoms with Crippen molar-refractivity contribution in [3.63, 3.8) is 0 Å². The van der Waals surface area contributed by atoms with E-state index in [1.807, 2.05) is 6.07 Å². The Balaban J connectivity index is 1.28. The van der Waals surface area contributed by atoms with Gasteiger partial charge in [-0.2, -0.15) is 0 Å². The Morgan fingerprint density at radius 3 is 2.53 bits per heavy atom. The highest BCUT2D eigenvalue weighted by Crippen LogP contribution is 2.48. The molecule has 1 amide bonds. The molecule has 0 spiro atoms. The number of esters is 1. The van der Waals surface area contributed by atoms with Gasteiger partial charge in [0.2, 0.25) is 0 Å². The number of aryl methyl sites for hydroxylation is 1. The molecule has 3 aromatic rings. The Kier molecular flexibility index (Phi) is 7.18. The first-order valence-corrected chi connectivity index (χ1v) is 13.7. The molecule has 2 aromatic heterocycles. The number of thiazole rings is 1. The molecule has 7 nitrogen and oxygen atoms in total. The van der Waals surface area contributed by atoms with Crippen molar-refractivity contribution in [3.05, 3.63) is 65.8 Å². The molecule has 0 radical (unpaired) electrons. The number of rotatable bonds is 7. The summed E-state index contributed by atoms with van der Waals surface area (Å²) in [5.41, 5.74) is 2.39. The number of nitrogens with zero attached hydrogens (tertiary/aromatic N) is 2. The highest BCUT2D eigenvalue weighted by atomic mass is 35.5. The lowest BCUT2D eigenvalue weighted by Crippen LogP contribution is -2.34. The second-order valence-electron chi connectivity index (χ2n) is 8.89. The van der Waals surface area contributed by atoms with Gasteiger partial charge in [-0.15, -0.1) is 0 Å². The van der Waals surface area contributed by atoms with E-state index in [4.69, 9.17) is 56.1 Å². The van der Waals surface area contributed by atoms with Crippen molar-refractivity contribution in [1.82, 2.24) is 15.3 Å². The number of benzene rings is 1. The third-order valence-corrected chi connectivity index (χ3v) is 9.24. The molecule has 1 aromatic carbocycles. The first-order chi connectivity index (χ1) is 17.2. The number of carbonyl (C=O) groups excluding carboxylic acids is 2. The highest BCUT2D eigenvalue weighted by Gasteiger charge is 2.57. The Bertz CT molecular complexity index is 1350. The number of H-pyrrole nitrogens is 1. The zero-order valence-corrected chi connectivity index (χ0v) is 23.2. The lowest BCUT2D eigenvalue weighted by molar-refractivity contribution is 0.0530. The van der Waals surface area contributed by atoms with E-state index in [2.05, 4.69) is 15.2 Å². The summed E-state index contributed by atoms with van der Waals surface area (Å²) in [5, 5.41) is 5.48. The Morgan fingerprint density at radius 1 is 1.19 bits per heavy atom. The number of hydrogen-bond donors (Lipinski definition) is 2. The fourth-order valence-corrected chi connectivity index (χ4v) is 6.53. The number of piperidine rings is 1. The van der Waals surface area contributed by atoms with Crippen LogP contribution in [0.5, 0.6) is 0 Å². The van der Waals surface area contributed by atoms with Crippen LogP contribution >= 0.6 is 57.7 Å². The molecule has 1 saturated heterocycles. The van der Waals surface area contributed by atoms with Crippen molar-refractivity contribution >= 4 is 74.7 Å². The molecule has 1 aliphatic heterocycles. The van der Waals surface area contributed by atoms with Crippen molar-refractivity contribution in [3.8, 4) is 0 Å². The molecule has 5 rings (SSSR count). The van der Waals surface area contributed by atoms with E-state index in [1.54, 1.807) is 26.0 Å². The number of nitrogens with one attached hydrogen (secondary N) is 2. The predicted octanol–water partition coefficient (Wildman–Crippen LogP) is 6.03. The minimum Gasteiger partial charge on any atom is -0.462 e. The van der Waals surface area contributed by atoms with Gasteiger partial charge in [0.15, 0.2) is 5.13 Å². The molecule has 36 heavy (non-hydrogen) atoms. The lowest BCUT2D eigenvalue weighted by Gasteiger charge is -2.19. The van der Waals surface area contributed by atoms with Gasteiger partial charge in [0, 0.05) is 53.1 Å². The number of amides is 1. The molecular formula is C24H22Cl4N4O3S. The van der Waals surface area contributed by atoms with E-state index >= 15 is 0 Å². The van der Waals surface area contributed by atoms with Crippen molar-refractivity contribution < 1.29 is 14.3 Å². The van der Waals surface area contributed by atoms with Crippen LogP contribution in [0.1, 0.15) is 44.0 Å². The quantitative estimate of drug-likeness (QED) is 0.330. The van der Waals surface area contributed by atoms with Crippen LogP contribution in [-0.2, 0) is 11.2 Å². The first-order valence-electron chi connectivity index (χ1n) is 11.4. The maximum absolute atomic E-state index is 12.7. The standard InChI is InChI=1S/C24H22Cl4N4O3S/c1-3-35-23(34)21-16(6-11-4-5-12(25)7-15(11)26)30-24(36-21)32-8-13-14(9-32)19(13)31-22(33)20-18(28)17(27)10(2)29-20/h4-5,7,13-14,19,29H,3,6,8-9H2,1-2H3,(H,31,33)/t13-,14+,19+. The van der Waals surface area contributed by atoms with Crippen LogP contribution in [0.2, 0.25) is 20.1 Å². The van der Waals surface area contributed by atoms with Gasteiger partial charge in [-0.05, 0) is 31.5 Å². The largest absolute Gasteiger partial charge is 0.462 e. The normalized spacial score (nSPS) is 20.4. The van der Waals surface area contributed by atoms with Gasteiger partial charge in [0.05, 0.1) is 22.3 Å². The molecule has 1 aliphatic carbocycles. The maximum atomic E-state index is 12.7. The zero-order chi connectivity index (χ0) is 25.7. The molecule has 2 aliphatic rings. The third kappa shape index (κ3) is 4.82. The third-order valence-electron chi connectivity index (χ3n) is 6.56. The van der Waals surface area contributed by atoms with Gasteiger partial charge < -0.3 is 19.9 Å². The number of hydrogen-bond acceptors (Lipinski definition) is 6. The number of halogens is 4. The van der Waals surface area contributed by atoms with E-state index in [1.165, 1.54) is 11.3 Å². The van der Waals surface area contributed by atoms with Gasteiger partial charge in [-0.25, -0.2) is 9.78 Å². The summed E-state index contributed by atoms with van der Waals surface area (Å²) in [7, 11) is 0. The van der Waals surface area contributed by atoms with Crippen LogP contribution in [0.4, 0.5) is 5.13 Å². The molecule has 12 heteroatoms. The molecule has 0 unspecified atom stereocenters. The molecule has 2 fully saturated rings. The van der Waals surface area contributed by atoms with Crippen LogP contribution < -0.4 is 10.2 Å². The molecule has 190 valence electrons. The molecular weight excluding hydrogens is 566 g/mol. The summed E-state index contributed by atoms with van der Waals surface area (Å²) >= 11 is 26.0. The van der Waals surface area contributed by atoms with Crippen molar-refractivity contribution in [2.24, 2.45) is 11.8 Å². The van der Waals surface area contributed by atoms with E-state index in [9.17, 15) is 9.59 Å². The first kappa shape index (κ1) is 25.7. The minimum atomic E-state index is -0.396. The van der Waals surface area contributed by atoms with Gasteiger partial charge in [-0.1, -0.05) is 63.8 Å². The Morgan fingerprint density at radius 2 is 1.92 bits per heavy atom. The summed E-state index contributed by atoms with van der Waals surface area (Å²) in [6.45, 7) is 5.27. The smallest absolute Gasteiger partial charge is 0.350 e. The fraction of sp³-hybridized carbons (Fsp3) is 0.375. The number of aromatic amines is 1. The van der Waals surface area contributed by atoms with Gasteiger partial charge in [0.25, 0.3) is 5.91 Å². The molecule has 1 saturated carbocycles. The van der Waals surface area contributed by atoms with Crippen molar-refractivity contribution in [2.75, 3.05) is 24.6 Å². The summed E-state index contributed by atoms with van der Waals surface area (Å²) in [4.78, 5) is 35.7. The van der Waals surface area contributed by atoms with E-state index < -0.39 is 5.97 Å². The SMILES string of the molecule is CCOC(=O)c1sc(N2C[C@@H]3[C@H](C2)[C@H]3NC(=O)c2[nH]c(C)c(Cl)c2Cl)nc1Cc1ccc(Cl)cc1Cl. The highest BCUT2D eigenvalue weighted by molar-refractivity contribution is 7.17.